The zero-order valence-electron chi connectivity index (χ0n) is 16.0. The highest BCUT2D eigenvalue weighted by Crippen LogP contribution is 2.27. The molecule has 1 N–H and O–H groups in total. The first-order valence-corrected chi connectivity index (χ1v) is 10.2. The van der Waals surface area contributed by atoms with Gasteiger partial charge in [-0.15, -0.1) is 0 Å². The van der Waals surface area contributed by atoms with Crippen LogP contribution in [-0.2, 0) is 20.4 Å². The molecule has 148 valence electrons. The SMILES string of the molecule is COC(C)(CNS(=O)(=O)c1ccc(OCC(C)C)cc1)c1ccccc1F. The molecule has 0 radical (unpaired) electrons. The molecule has 2 aromatic rings. The molecule has 0 aromatic heterocycles. The van der Waals surface area contributed by atoms with Crippen LogP contribution in [0.15, 0.2) is 53.4 Å². The van der Waals surface area contributed by atoms with E-state index in [1.807, 2.05) is 13.8 Å². The van der Waals surface area contributed by atoms with E-state index in [4.69, 9.17) is 9.47 Å². The molecule has 0 bridgehead atoms. The predicted molar refractivity (Wildman–Crippen MR) is 103 cm³/mol. The van der Waals surface area contributed by atoms with Crippen LogP contribution in [0.25, 0.3) is 0 Å². The molecule has 0 aliphatic carbocycles. The fourth-order valence-corrected chi connectivity index (χ4v) is 3.59. The summed E-state index contributed by atoms with van der Waals surface area (Å²) in [6.07, 6.45) is 0. The molecule has 0 aliphatic heterocycles. The summed E-state index contributed by atoms with van der Waals surface area (Å²) < 4.78 is 52.8. The van der Waals surface area contributed by atoms with E-state index in [0.717, 1.165) is 0 Å². The molecule has 0 spiro atoms. The molecule has 1 atom stereocenters. The van der Waals surface area contributed by atoms with E-state index in [1.165, 1.54) is 25.3 Å². The van der Waals surface area contributed by atoms with Crippen LogP contribution in [0.3, 0.4) is 0 Å². The minimum atomic E-state index is -3.78. The molecule has 0 saturated heterocycles. The highest BCUT2D eigenvalue weighted by molar-refractivity contribution is 7.89. The number of benzene rings is 2. The topological polar surface area (TPSA) is 64.6 Å². The van der Waals surface area contributed by atoms with Crippen molar-refractivity contribution < 1.29 is 22.3 Å². The number of sulfonamides is 1. The number of methoxy groups -OCH3 is 1. The number of hydrogen-bond donors (Lipinski definition) is 1. The Morgan fingerprint density at radius 2 is 1.74 bits per heavy atom. The van der Waals surface area contributed by atoms with Gasteiger partial charge in [-0.05, 0) is 43.2 Å². The zero-order chi connectivity index (χ0) is 20.1. The number of rotatable bonds is 9. The van der Waals surface area contributed by atoms with Crippen LogP contribution in [0.4, 0.5) is 4.39 Å². The van der Waals surface area contributed by atoms with E-state index in [-0.39, 0.29) is 17.0 Å². The Bertz CT molecular complexity index is 853. The monoisotopic (exact) mass is 395 g/mol. The number of nitrogens with one attached hydrogen (secondary N) is 1. The minimum Gasteiger partial charge on any atom is -0.493 e. The normalized spacial score (nSPS) is 14.1. The second-order valence-corrected chi connectivity index (χ2v) is 8.68. The van der Waals surface area contributed by atoms with Crippen molar-refractivity contribution in [2.75, 3.05) is 20.3 Å². The van der Waals surface area contributed by atoms with Crippen molar-refractivity contribution in [1.29, 1.82) is 0 Å². The lowest BCUT2D eigenvalue weighted by atomic mass is 9.95. The fraction of sp³-hybridized carbons (Fsp3) is 0.400. The molecule has 0 amide bonds. The molecule has 2 rings (SSSR count). The van der Waals surface area contributed by atoms with Crippen LogP contribution in [0.2, 0.25) is 0 Å². The van der Waals surface area contributed by atoms with Crippen molar-refractivity contribution in [3.8, 4) is 5.75 Å². The van der Waals surface area contributed by atoms with Crippen LogP contribution in [0, 0.1) is 11.7 Å². The Morgan fingerprint density at radius 3 is 2.30 bits per heavy atom. The lowest BCUT2D eigenvalue weighted by Gasteiger charge is -2.29. The molecule has 2 aromatic carbocycles. The molecular formula is C20H26FNO4S. The van der Waals surface area contributed by atoms with Crippen molar-refractivity contribution in [3.63, 3.8) is 0 Å². The van der Waals surface area contributed by atoms with Gasteiger partial charge in [0.05, 0.1) is 11.5 Å². The summed E-state index contributed by atoms with van der Waals surface area (Å²) in [5.74, 6) is 0.531. The Morgan fingerprint density at radius 1 is 1.11 bits per heavy atom. The predicted octanol–water partition coefficient (Wildman–Crippen LogP) is 3.70. The van der Waals surface area contributed by atoms with Gasteiger partial charge in [0.2, 0.25) is 10.0 Å². The Balaban J connectivity index is 2.12. The van der Waals surface area contributed by atoms with Gasteiger partial charge in [-0.1, -0.05) is 32.0 Å². The van der Waals surface area contributed by atoms with Crippen molar-refractivity contribution in [3.05, 3.63) is 59.9 Å². The van der Waals surface area contributed by atoms with E-state index < -0.39 is 21.4 Å². The molecule has 1 unspecified atom stereocenters. The van der Waals surface area contributed by atoms with Gasteiger partial charge in [0.1, 0.15) is 17.2 Å². The molecule has 0 heterocycles. The third-order valence-electron chi connectivity index (χ3n) is 4.21. The average Bonchev–Trinajstić information content (AvgIpc) is 2.65. The molecule has 0 aliphatic rings. The van der Waals surface area contributed by atoms with Crippen LogP contribution >= 0.6 is 0 Å². The summed E-state index contributed by atoms with van der Waals surface area (Å²) >= 11 is 0. The van der Waals surface area contributed by atoms with Gasteiger partial charge >= 0.3 is 0 Å². The van der Waals surface area contributed by atoms with Gasteiger partial charge in [-0.2, -0.15) is 0 Å². The summed E-state index contributed by atoms with van der Waals surface area (Å²) in [6.45, 7) is 6.14. The fourth-order valence-electron chi connectivity index (χ4n) is 2.46. The van der Waals surface area contributed by atoms with Gasteiger partial charge < -0.3 is 9.47 Å². The molecule has 0 saturated carbocycles. The summed E-state index contributed by atoms with van der Waals surface area (Å²) in [5, 5.41) is 0. The quantitative estimate of drug-likeness (QED) is 0.703. The first-order chi connectivity index (χ1) is 12.7. The first-order valence-electron chi connectivity index (χ1n) is 8.70. The van der Waals surface area contributed by atoms with Crippen LogP contribution in [0.1, 0.15) is 26.3 Å². The Hall–Kier alpha value is -1.96. The standard InChI is InChI=1S/C20H26FNO4S/c1-15(2)13-26-16-9-11-17(12-10-16)27(23,24)22-14-20(3,25-4)18-7-5-6-8-19(18)21/h5-12,15,22H,13-14H2,1-4H3. The van der Waals surface area contributed by atoms with Crippen LogP contribution in [-0.4, -0.2) is 28.7 Å². The summed E-state index contributed by atoms with van der Waals surface area (Å²) in [5.41, 5.74) is -0.855. The number of halogens is 1. The molecule has 7 heteroatoms. The Labute approximate surface area is 160 Å². The van der Waals surface area contributed by atoms with Crippen molar-refractivity contribution >= 4 is 10.0 Å². The third-order valence-corrected chi connectivity index (χ3v) is 5.63. The maximum absolute atomic E-state index is 14.1. The third kappa shape index (κ3) is 5.51. The number of hydrogen-bond acceptors (Lipinski definition) is 4. The summed E-state index contributed by atoms with van der Waals surface area (Å²) in [6, 6.07) is 12.3. The largest absolute Gasteiger partial charge is 0.493 e. The van der Waals surface area contributed by atoms with Crippen molar-refractivity contribution in [2.24, 2.45) is 5.92 Å². The Kier molecular flexibility index (Phi) is 6.97. The van der Waals surface area contributed by atoms with E-state index >= 15 is 0 Å². The molecule has 0 fully saturated rings. The highest BCUT2D eigenvalue weighted by atomic mass is 32.2. The average molecular weight is 395 g/mol. The van der Waals surface area contributed by atoms with E-state index in [0.29, 0.717) is 18.3 Å². The molecule has 5 nitrogen and oxygen atoms in total. The summed E-state index contributed by atoms with van der Waals surface area (Å²) in [4.78, 5) is 0.103. The lowest BCUT2D eigenvalue weighted by molar-refractivity contribution is 0.00410. The first kappa shape index (κ1) is 21.3. The highest BCUT2D eigenvalue weighted by Gasteiger charge is 2.31. The van der Waals surface area contributed by atoms with E-state index in [9.17, 15) is 12.8 Å². The van der Waals surface area contributed by atoms with Crippen LogP contribution in [0.5, 0.6) is 5.75 Å². The van der Waals surface area contributed by atoms with Gasteiger partial charge in [0.15, 0.2) is 0 Å². The summed E-state index contributed by atoms with van der Waals surface area (Å²) in [7, 11) is -2.36. The second kappa shape index (κ2) is 8.82. The second-order valence-electron chi connectivity index (χ2n) is 6.92. The van der Waals surface area contributed by atoms with Gasteiger partial charge in [0.25, 0.3) is 0 Å². The molecule has 27 heavy (non-hydrogen) atoms. The minimum absolute atomic E-state index is 0.103. The van der Waals surface area contributed by atoms with Gasteiger partial charge in [-0.3, -0.25) is 0 Å². The lowest BCUT2D eigenvalue weighted by Crippen LogP contribution is -2.40. The van der Waals surface area contributed by atoms with Gasteiger partial charge in [-0.25, -0.2) is 17.5 Å². The van der Waals surface area contributed by atoms with E-state index in [1.54, 1.807) is 37.3 Å². The maximum Gasteiger partial charge on any atom is 0.240 e. The molecular weight excluding hydrogens is 369 g/mol. The van der Waals surface area contributed by atoms with Gasteiger partial charge in [0, 0.05) is 19.2 Å². The maximum atomic E-state index is 14.1. The zero-order valence-corrected chi connectivity index (χ0v) is 16.8. The van der Waals surface area contributed by atoms with Crippen molar-refractivity contribution in [2.45, 2.75) is 31.3 Å². The van der Waals surface area contributed by atoms with Crippen LogP contribution < -0.4 is 9.46 Å². The smallest absolute Gasteiger partial charge is 0.240 e. The van der Waals surface area contributed by atoms with E-state index in [2.05, 4.69) is 4.72 Å². The number of ether oxygens (including phenoxy) is 2. The van der Waals surface area contributed by atoms with Crippen molar-refractivity contribution in [1.82, 2.24) is 4.72 Å².